The SMILES string of the molecule is Cc1nc(-c2cnn(C)c2Cc2nc(C3CC3)ns2)ncc1O[C@H]1CCC[C@H](C(=O)O)C1. The highest BCUT2D eigenvalue weighted by Gasteiger charge is 2.29. The van der Waals surface area contributed by atoms with Crippen LogP contribution in [0, 0.1) is 12.8 Å². The minimum absolute atomic E-state index is 0.120. The van der Waals surface area contributed by atoms with E-state index >= 15 is 0 Å². The zero-order valence-corrected chi connectivity index (χ0v) is 19.0. The van der Waals surface area contributed by atoms with Crippen molar-refractivity contribution in [3.05, 3.63) is 34.6 Å². The van der Waals surface area contributed by atoms with Crippen molar-refractivity contribution >= 4 is 17.5 Å². The normalized spacial score (nSPS) is 20.9. The minimum Gasteiger partial charge on any atom is -0.487 e. The molecule has 32 heavy (non-hydrogen) atoms. The lowest BCUT2D eigenvalue weighted by atomic mass is 9.87. The first-order chi connectivity index (χ1) is 15.5. The number of aromatic nitrogens is 6. The monoisotopic (exact) mass is 454 g/mol. The van der Waals surface area contributed by atoms with Gasteiger partial charge in [0.2, 0.25) is 0 Å². The molecule has 2 fully saturated rings. The topological polar surface area (TPSA) is 116 Å². The van der Waals surface area contributed by atoms with Gasteiger partial charge in [-0.1, -0.05) is 0 Å². The highest BCUT2D eigenvalue weighted by atomic mass is 32.1. The third-order valence-electron chi connectivity index (χ3n) is 6.25. The van der Waals surface area contributed by atoms with E-state index in [0.29, 0.717) is 36.8 Å². The Morgan fingerprint density at radius 3 is 2.84 bits per heavy atom. The highest BCUT2D eigenvalue weighted by Crippen LogP contribution is 2.39. The van der Waals surface area contributed by atoms with Crippen LogP contribution in [0.4, 0.5) is 0 Å². The van der Waals surface area contributed by atoms with E-state index in [1.165, 1.54) is 24.4 Å². The predicted octanol–water partition coefficient (Wildman–Crippen LogP) is 3.53. The maximum atomic E-state index is 11.3. The van der Waals surface area contributed by atoms with Gasteiger partial charge in [-0.2, -0.15) is 9.47 Å². The van der Waals surface area contributed by atoms with E-state index < -0.39 is 5.97 Å². The van der Waals surface area contributed by atoms with Crippen LogP contribution in [0.3, 0.4) is 0 Å². The molecule has 2 aliphatic rings. The van der Waals surface area contributed by atoms with E-state index in [2.05, 4.69) is 19.4 Å². The quantitative estimate of drug-likeness (QED) is 0.576. The fourth-order valence-corrected chi connectivity index (χ4v) is 4.93. The van der Waals surface area contributed by atoms with Crippen molar-refractivity contribution < 1.29 is 14.6 Å². The second-order valence-electron chi connectivity index (χ2n) is 8.71. The molecule has 1 N–H and O–H groups in total. The molecule has 0 bridgehead atoms. The van der Waals surface area contributed by atoms with Gasteiger partial charge in [0.25, 0.3) is 0 Å². The number of ether oxygens (including phenoxy) is 1. The van der Waals surface area contributed by atoms with Crippen molar-refractivity contribution in [2.45, 2.75) is 63.9 Å². The molecule has 2 saturated carbocycles. The summed E-state index contributed by atoms with van der Waals surface area (Å²) in [6.45, 7) is 1.89. The summed E-state index contributed by atoms with van der Waals surface area (Å²) in [7, 11) is 1.91. The van der Waals surface area contributed by atoms with Crippen molar-refractivity contribution in [3.8, 4) is 17.1 Å². The molecule has 2 atom stereocenters. The zero-order valence-electron chi connectivity index (χ0n) is 18.2. The van der Waals surface area contributed by atoms with E-state index in [4.69, 9.17) is 9.72 Å². The molecule has 0 radical (unpaired) electrons. The van der Waals surface area contributed by atoms with Gasteiger partial charge < -0.3 is 9.84 Å². The molecular weight excluding hydrogens is 428 g/mol. The van der Waals surface area contributed by atoms with Gasteiger partial charge in [-0.3, -0.25) is 9.48 Å². The van der Waals surface area contributed by atoms with Crippen molar-refractivity contribution in [2.24, 2.45) is 13.0 Å². The number of aliphatic carboxylic acids is 1. The van der Waals surface area contributed by atoms with Gasteiger partial charge in [-0.25, -0.2) is 15.0 Å². The number of carboxylic acid groups (broad SMARTS) is 1. The molecule has 0 aliphatic heterocycles. The molecule has 3 heterocycles. The van der Waals surface area contributed by atoms with E-state index in [1.807, 2.05) is 18.7 Å². The molecule has 2 aliphatic carbocycles. The Balaban J connectivity index is 1.33. The Hall–Kier alpha value is -2.88. The van der Waals surface area contributed by atoms with Crippen molar-refractivity contribution in [3.63, 3.8) is 0 Å². The van der Waals surface area contributed by atoms with E-state index in [-0.39, 0.29) is 12.0 Å². The molecule has 9 nitrogen and oxygen atoms in total. The first kappa shape index (κ1) is 21.0. The Kier molecular flexibility index (Phi) is 5.62. The summed E-state index contributed by atoms with van der Waals surface area (Å²) in [5.41, 5.74) is 2.59. The predicted molar refractivity (Wildman–Crippen MR) is 118 cm³/mol. The summed E-state index contributed by atoms with van der Waals surface area (Å²) in [5.74, 6) is 1.62. The average molecular weight is 455 g/mol. The van der Waals surface area contributed by atoms with Crippen LogP contribution in [0.2, 0.25) is 0 Å². The molecule has 0 spiro atoms. The number of carbonyl (C=O) groups is 1. The van der Waals surface area contributed by atoms with Gasteiger partial charge in [0.15, 0.2) is 11.6 Å². The van der Waals surface area contributed by atoms with Gasteiger partial charge in [-0.15, -0.1) is 0 Å². The lowest BCUT2D eigenvalue weighted by Crippen LogP contribution is -2.29. The summed E-state index contributed by atoms with van der Waals surface area (Å²) in [5, 5.41) is 14.7. The summed E-state index contributed by atoms with van der Waals surface area (Å²) in [6.07, 6.45) is 9.30. The van der Waals surface area contributed by atoms with Crippen LogP contribution in [0.5, 0.6) is 5.75 Å². The van der Waals surface area contributed by atoms with Crippen LogP contribution in [-0.2, 0) is 18.3 Å². The zero-order chi connectivity index (χ0) is 22.2. The first-order valence-electron chi connectivity index (χ1n) is 11.0. The average Bonchev–Trinajstić information content (AvgIpc) is 3.42. The van der Waals surface area contributed by atoms with E-state index in [9.17, 15) is 9.90 Å². The Labute approximate surface area is 190 Å². The molecule has 0 amide bonds. The van der Waals surface area contributed by atoms with Gasteiger partial charge in [0, 0.05) is 19.4 Å². The van der Waals surface area contributed by atoms with Crippen LogP contribution in [0.1, 0.15) is 66.7 Å². The van der Waals surface area contributed by atoms with Crippen molar-refractivity contribution in [2.75, 3.05) is 0 Å². The summed E-state index contributed by atoms with van der Waals surface area (Å²) >= 11 is 1.45. The third-order valence-corrected chi connectivity index (χ3v) is 6.98. The van der Waals surface area contributed by atoms with Crippen LogP contribution >= 0.6 is 11.5 Å². The second kappa shape index (κ2) is 8.57. The largest absolute Gasteiger partial charge is 0.487 e. The number of aryl methyl sites for hydroxylation is 2. The molecule has 0 saturated heterocycles. The number of hydrogen-bond donors (Lipinski definition) is 1. The van der Waals surface area contributed by atoms with Crippen LogP contribution < -0.4 is 4.74 Å². The van der Waals surface area contributed by atoms with E-state index in [1.54, 1.807) is 12.4 Å². The molecule has 10 heteroatoms. The van der Waals surface area contributed by atoms with Crippen LogP contribution in [0.15, 0.2) is 12.4 Å². The molecule has 5 rings (SSSR count). The Morgan fingerprint density at radius 1 is 1.25 bits per heavy atom. The Morgan fingerprint density at radius 2 is 2.09 bits per heavy atom. The van der Waals surface area contributed by atoms with E-state index in [0.717, 1.165) is 40.6 Å². The summed E-state index contributed by atoms with van der Waals surface area (Å²) < 4.78 is 12.4. The standard InChI is InChI=1S/C22H26N6O3S/c1-12-18(31-15-5-3-4-14(8-15)22(29)30)11-23-21(25-12)16-10-24-28(2)17(16)9-19-26-20(27-32-19)13-6-7-13/h10-11,13-15H,3-9H2,1-2H3,(H,29,30)/t14-,15-/m0/s1. The lowest BCUT2D eigenvalue weighted by molar-refractivity contribution is -0.143. The molecule has 3 aromatic rings. The lowest BCUT2D eigenvalue weighted by Gasteiger charge is -2.27. The number of rotatable bonds is 7. The number of hydrogen-bond acceptors (Lipinski definition) is 8. The smallest absolute Gasteiger partial charge is 0.306 e. The summed E-state index contributed by atoms with van der Waals surface area (Å²) in [6, 6.07) is 0. The molecule has 168 valence electrons. The molecule has 0 unspecified atom stereocenters. The van der Waals surface area contributed by atoms with Gasteiger partial charge >= 0.3 is 5.97 Å². The maximum absolute atomic E-state index is 11.3. The Bertz CT molecular complexity index is 1140. The third kappa shape index (κ3) is 4.36. The molecule has 3 aromatic heterocycles. The fourth-order valence-electron chi connectivity index (χ4n) is 4.21. The van der Waals surface area contributed by atoms with Gasteiger partial charge in [0.05, 0.1) is 41.4 Å². The van der Waals surface area contributed by atoms with Crippen LogP contribution in [0.25, 0.3) is 11.4 Å². The van der Waals surface area contributed by atoms with Gasteiger partial charge in [0.1, 0.15) is 10.8 Å². The minimum atomic E-state index is -0.745. The first-order valence-corrected chi connectivity index (χ1v) is 11.8. The maximum Gasteiger partial charge on any atom is 0.306 e. The second-order valence-corrected chi connectivity index (χ2v) is 9.55. The fraction of sp³-hybridized carbons (Fsp3) is 0.545. The highest BCUT2D eigenvalue weighted by molar-refractivity contribution is 7.05. The molecular formula is C22H26N6O3S. The van der Waals surface area contributed by atoms with Crippen molar-refractivity contribution in [1.29, 1.82) is 0 Å². The molecule has 0 aromatic carbocycles. The van der Waals surface area contributed by atoms with Crippen LogP contribution in [-0.4, -0.2) is 46.3 Å². The van der Waals surface area contributed by atoms with Crippen molar-refractivity contribution in [1.82, 2.24) is 29.1 Å². The van der Waals surface area contributed by atoms with Gasteiger partial charge in [-0.05, 0) is 57.0 Å². The number of carboxylic acids is 1. The summed E-state index contributed by atoms with van der Waals surface area (Å²) in [4.78, 5) is 25.3. The number of nitrogens with zero attached hydrogens (tertiary/aromatic N) is 6.